The first kappa shape index (κ1) is 10.8. The quantitative estimate of drug-likeness (QED) is 0.631. The van der Waals surface area contributed by atoms with E-state index in [1.165, 1.54) is 19.3 Å². The zero-order valence-corrected chi connectivity index (χ0v) is 11.0. The molecule has 18 heavy (non-hydrogen) atoms. The number of fused-ring (bicyclic) bond motifs is 1. The Morgan fingerprint density at radius 3 is 3.06 bits per heavy atom. The summed E-state index contributed by atoms with van der Waals surface area (Å²) in [4.78, 5) is 0. The lowest BCUT2D eigenvalue weighted by Crippen LogP contribution is -2.53. The summed E-state index contributed by atoms with van der Waals surface area (Å²) in [5, 5.41) is 0. The molecule has 1 aliphatic heterocycles. The van der Waals surface area contributed by atoms with Gasteiger partial charge in [-0.1, -0.05) is 43.3 Å². The molecular weight excluding hydrogens is 220 g/mol. The van der Waals surface area contributed by atoms with Gasteiger partial charge in [-0.05, 0) is 36.3 Å². The lowest BCUT2D eigenvalue weighted by atomic mass is 9.48. The van der Waals surface area contributed by atoms with Crippen molar-refractivity contribution in [2.24, 2.45) is 11.3 Å². The molecule has 0 radical (unpaired) electrons. The lowest BCUT2D eigenvalue weighted by Gasteiger charge is -2.53. The van der Waals surface area contributed by atoms with E-state index in [1.807, 2.05) is 0 Å². The van der Waals surface area contributed by atoms with E-state index in [0.717, 1.165) is 13.2 Å². The molecule has 1 heteroatoms. The summed E-state index contributed by atoms with van der Waals surface area (Å²) in [7, 11) is 0. The van der Waals surface area contributed by atoms with Gasteiger partial charge in [0, 0.05) is 10.8 Å². The summed E-state index contributed by atoms with van der Waals surface area (Å²) in [6, 6.07) is 9.06. The molecule has 1 aromatic carbocycles. The molecule has 2 aliphatic carbocycles. The number of hydrogen-bond donors (Lipinski definition) is 0. The van der Waals surface area contributed by atoms with Crippen molar-refractivity contribution in [3.8, 4) is 0 Å². The minimum Gasteiger partial charge on any atom is -0.380 e. The SMILES string of the molecule is C[C@@H]1C=CC[C@]23CCc4ccccc4[C@]12COC3. The number of hydrogen-bond acceptors (Lipinski definition) is 1. The van der Waals surface area contributed by atoms with E-state index < -0.39 is 0 Å². The molecule has 1 heterocycles. The Bertz CT molecular complexity index is 518. The smallest absolute Gasteiger partial charge is 0.0575 e. The van der Waals surface area contributed by atoms with E-state index in [9.17, 15) is 0 Å². The second-order valence-electron chi connectivity index (χ2n) is 6.32. The fraction of sp³-hybridized carbons (Fsp3) is 0.529. The molecule has 0 amide bonds. The Hall–Kier alpha value is -1.08. The average molecular weight is 240 g/mol. The van der Waals surface area contributed by atoms with Gasteiger partial charge in [-0.3, -0.25) is 0 Å². The predicted molar refractivity (Wildman–Crippen MR) is 72.6 cm³/mol. The van der Waals surface area contributed by atoms with Crippen LogP contribution in [0.5, 0.6) is 0 Å². The lowest BCUT2D eigenvalue weighted by molar-refractivity contribution is 0.0997. The second kappa shape index (κ2) is 3.48. The first-order chi connectivity index (χ1) is 8.79. The maximum Gasteiger partial charge on any atom is 0.0575 e. The summed E-state index contributed by atoms with van der Waals surface area (Å²) in [5.41, 5.74) is 3.75. The van der Waals surface area contributed by atoms with Crippen molar-refractivity contribution in [2.75, 3.05) is 13.2 Å². The van der Waals surface area contributed by atoms with Gasteiger partial charge in [0.25, 0.3) is 0 Å². The Balaban J connectivity index is 2.00. The standard InChI is InChI=1S/C17H20O/c1-13-5-4-9-16-10-8-14-6-2-3-7-15(14)17(13,16)12-18-11-16/h2-7,13H,8-12H2,1H3/t13-,16-,17+/m1/s1. The Kier molecular flexibility index (Phi) is 2.09. The first-order valence-electron chi connectivity index (χ1n) is 7.11. The van der Waals surface area contributed by atoms with Gasteiger partial charge in [-0.2, -0.15) is 0 Å². The molecule has 3 atom stereocenters. The maximum absolute atomic E-state index is 6.01. The average Bonchev–Trinajstić information content (AvgIpc) is 2.81. The summed E-state index contributed by atoms with van der Waals surface area (Å²) >= 11 is 0. The highest BCUT2D eigenvalue weighted by molar-refractivity contribution is 5.44. The van der Waals surface area contributed by atoms with E-state index in [4.69, 9.17) is 4.74 Å². The number of rotatable bonds is 0. The van der Waals surface area contributed by atoms with E-state index in [2.05, 4.69) is 43.3 Å². The molecule has 1 aromatic rings. The molecule has 0 saturated carbocycles. The van der Waals surface area contributed by atoms with Gasteiger partial charge in [0.2, 0.25) is 0 Å². The fourth-order valence-corrected chi connectivity index (χ4v) is 4.76. The zero-order valence-electron chi connectivity index (χ0n) is 11.0. The van der Waals surface area contributed by atoms with Crippen LogP contribution in [0.25, 0.3) is 0 Å². The summed E-state index contributed by atoms with van der Waals surface area (Å²) < 4.78 is 6.01. The van der Waals surface area contributed by atoms with Crippen molar-refractivity contribution in [1.82, 2.24) is 0 Å². The van der Waals surface area contributed by atoms with E-state index in [1.54, 1.807) is 11.1 Å². The summed E-state index contributed by atoms with van der Waals surface area (Å²) in [6.07, 6.45) is 8.52. The molecule has 0 aromatic heterocycles. The van der Waals surface area contributed by atoms with Crippen LogP contribution in [0.4, 0.5) is 0 Å². The Labute approximate surface area is 109 Å². The highest BCUT2D eigenvalue weighted by Gasteiger charge is 2.61. The molecule has 0 bridgehead atoms. The molecule has 3 aliphatic rings. The van der Waals surface area contributed by atoms with E-state index >= 15 is 0 Å². The topological polar surface area (TPSA) is 9.23 Å². The minimum atomic E-state index is 0.247. The fourth-order valence-electron chi connectivity index (χ4n) is 4.76. The molecule has 4 rings (SSSR count). The largest absolute Gasteiger partial charge is 0.380 e. The molecule has 1 fully saturated rings. The third-order valence-electron chi connectivity index (χ3n) is 5.74. The molecular formula is C17H20O. The molecule has 0 unspecified atom stereocenters. The van der Waals surface area contributed by atoms with Crippen LogP contribution < -0.4 is 0 Å². The number of allylic oxidation sites excluding steroid dienone is 2. The van der Waals surface area contributed by atoms with Crippen LogP contribution in [0.2, 0.25) is 0 Å². The summed E-state index contributed by atoms with van der Waals surface area (Å²) in [5.74, 6) is 0.593. The van der Waals surface area contributed by atoms with E-state index in [-0.39, 0.29) is 5.41 Å². The van der Waals surface area contributed by atoms with Gasteiger partial charge in [0.1, 0.15) is 0 Å². The van der Waals surface area contributed by atoms with Crippen molar-refractivity contribution in [2.45, 2.75) is 31.6 Å². The van der Waals surface area contributed by atoms with Gasteiger partial charge < -0.3 is 4.74 Å². The molecule has 0 N–H and O–H groups in total. The van der Waals surface area contributed by atoms with Crippen LogP contribution in [0.3, 0.4) is 0 Å². The van der Waals surface area contributed by atoms with Crippen molar-refractivity contribution >= 4 is 0 Å². The van der Waals surface area contributed by atoms with Gasteiger partial charge in [0.05, 0.1) is 13.2 Å². The zero-order chi connectivity index (χ0) is 12.2. The van der Waals surface area contributed by atoms with Crippen LogP contribution in [0.15, 0.2) is 36.4 Å². The third-order valence-corrected chi connectivity index (χ3v) is 5.74. The van der Waals surface area contributed by atoms with Gasteiger partial charge in [0.15, 0.2) is 0 Å². The van der Waals surface area contributed by atoms with Gasteiger partial charge in [-0.25, -0.2) is 0 Å². The van der Waals surface area contributed by atoms with Crippen LogP contribution >= 0.6 is 0 Å². The summed E-state index contributed by atoms with van der Waals surface area (Å²) in [6.45, 7) is 4.24. The first-order valence-corrected chi connectivity index (χ1v) is 7.11. The minimum absolute atomic E-state index is 0.247. The van der Waals surface area contributed by atoms with Crippen molar-refractivity contribution in [3.05, 3.63) is 47.5 Å². The van der Waals surface area contributed by atoms with Crippen LogP contribution in [0.1, 0.15) is 30.9 Å². The molecule has 94 valence electrons. The molecule has 1 saturated heterocycles. The third kappa shape index (κ3) is 1.07. The van der Waals surface area contributed by atoms with Crippen molar-refractivity contribution in [1.29, 1.82) is 0 Å². The van der Waals surface area contributed by atoms with Crippen LogP contribution in [-0.4, -0.2) is 13.2 Å². The second-order valence-corrected chi connectivity index (χ2v) is 6.32. The van der Waals surface area contributed by atoms with Gasteiger partial charge in [-0.15, -0.1) is 0 Å². The van der Waals surface area contributed by atoms with Crippen LogP contribution in [0, 0.1) is 11.3 Å². The van der Waals surface area contributed by atoms with Crippen molar-refractivity contribution in [3.63, 3.8) is 0 Å². The number of ether oxygens (including phenoxy) is 1. The molecule has 0 spiro atoms. The Morgan fingerprint density at radius 1 is 1.22 bits per heavy atom. The Morgan fingerprint density at radius 2 is 2.11 bits per heavy atom. The predicted octanol–water partition coefficient (Wildman–Crippen LogP) is 3.48. The monoisotopic (exact) mass is 240 g/mol. The van der Waals surface area contributed by atoms with Crippen LogP contribution in [-0.2, 0) is 16.6 Å². The normalized spacial score (nSPS) is 41.1. The van der Waals surface area contributed by atoms with E-state index in [0.29, 0.717) is 11.3 Å². The maximum atomic E-state index is 6.01. The molecule has 1 nitrogen and oxygen atoms in total. The number of benzene rings is 1. The van der Waals surface area contributed by atoms with Gasteiger partial charge >= 0.3 is 0 Å². The number of aryl methyl sites for hydroxylation is 1. The highest BCUT2D eigenvalue weighted by atomic mass is 16.5. The van der Waals surface area contributed by atoms with Crippen molar-refractivity contribution < 1.29 is 4.74 Å². The highest BCUT2D eigenvalue weighted by Crippen LogP contribution is 2.61.